The maximum atomic E-state index is 4.91. The Kier molecular flexibility index (Phi) is 9.44. The van der Waals surface area contributed by atoms with Crippen molar-refractivity contribution in [2.24, 2.45) is 0 Å². The van der Waals surface area contributed by atoms with E-state index < -0.39 is 0 Å². The molecule has 0 unspecified atom stereocenters. The van der Waals surface area contributed by atoms with Crippen molar-refractivity contribution in [3.05, 3.63) is 57.5 Å². The lowest BCUT2D eigenvalue weighted by molar-refractivity contribution is 0.668. The summed E-state index contributed by atoms with van der Waals surface area (Å²) in [5.41, 5.74) is 9.45. The van der Waals surface area contributed by atoms with Crippen LogP contribution in [-0.4, -0.2) is 18.7 Å². The minimum absolute atomic E-state index is 1.01. The summed E-state index contributed by atoms with van der Waals surface area (Å²) in [5, 5.41) is 0. The first-order valence-electron chi connectivity index (χ1n) is 15.3. The third-order valence-electron chi connectivity index (χ3n) is 7.97. The molecule has 0 amide bonds. The molecule has 0 fully saturated rings. The maximum absolute atomic E-state index is 4.91. The number of fused-ring (bicyclic) bond motifs is 2. The molecule has 4 nitrogen and oxygen atoms in total. The highest BCUT2D eigenvalue weighted by molar-refractivity contribution is 7.25. The normalized spacial score (nSPS) is 11.8. The smallest absolute Gasteiger partial charge is 0.114 e. The zero-order valence-corrected chi connectivity index (χ0v) is 28.2. The number of aromatic nitrogens is 4. The molecule has 0 aliphatic heterocycles. The molecule has 5 aromatic heterocycles. The van der Waals surface area contributed by atoms with E-state index in [1.165, 1.54) is 115 Å². The van der Waals surface area contributed by atoms with E-state index >= 15 is 0 Å². The summed E-state index contributed by atoms with van der Waals surface area (Å²) in [6, 6.07) is 9.44. The number of aryl methyl sites for hydroxylation is 4. The van der Waals surface area contributed by atoms with Gasteiger partial charge in [-0.15, -0.1) is 34.0 Å². The minimum atomic E-state index is 1.01. The van der Waals surface area contributed by atoms with Crippen molar-refractivity contribution >= 4 is 67.8 Å². The molecule has 218 valence electrons. The summed E-state index contributed by atoms with van der Waals surface area (Å²) in [7, 11) is 0. The van der Waals surface area contributed by atoms with Crippen molar-refractivity contribution in [3.8, 4) is 30.6 Å². The fraction of sp³-hybridized carbons (Fsp3) is 0.412. The summed E-state index contributed by atoms with van der Waals surface area (Å²) in [5.74, 6) is 0. The van der Waals surface area contributed by atoms with E-state index in [9.17, 15) is 0 Å². The van der Waals surface area contributed by atoms with Crippen LogP contribution in [0.25, 0.3) is 52.7 Å². The molecule has 0 bridgehead atoms. The monoisotopic (exact) mass is 630 g/mol. The largest absolute Gasteiger partial charge is 0.252 e. The first kappa shape index (κ1) is 29.5. The molecule has 0 saturated heterocycles. The molecule has 0 aliphatic rings. The van der Waals surface area contributed by atoms with Gasteiger partial charge in [0.25, 0.3) is 0 Å². The van der Waals surface area contributed by atoms with Crippen LogP contribution in [0.2, 0.25) is 0 Å². The number of hydrogen-bond acceptors (Lipinski definition) is 8. The van der Waals surface area contributed by atoms with Gasteiger partial charge in [-0.05, 0) is 62.8 Å². The molecule has 0 atom stereocenters. The van der Waals surface area contributed by atoms with E-state index in [4.69, 9.17) is 13.7 Å². The zero-order valence-electron chi connectivity index (χ0n) is 25.0. The van der Waals surface area contributed by atoms with E-state index in [1.54, 1.807) is 6.20 Å². The maximum Gasteiger partial charge on any atom is 0.114 e. The Hall–Kier alpha value is -2.52. The Bertz CT molecular complexity index is 1810. The van der Waals surface area contributed by atoms with Crippen molar-refractivity contribution < 1.29 is 0 Å². The first-order valence-corrected chi connectivity index (χ1v) is 18.5. The molecule has 6 aromatic rings. The highest BCUT2D eigenvalue weighted by Gasteiger charge is 2.22. The van der Waals surface area contributed by atoms with Gasteiger partial charge in [0.1, 0.15) is 22.1 Å². The van der Waals surface area contributed by atoms with Crippen LogP contribution in [0.15, 0.2) is 36.7 Å². The number of benzene rings is 1. The number of nitrogens with zero attached hydrogens (tertiary/aromatic N) is 4. The predicted octanol–water partition coefficient (Wildman–Crippen LogP) is 11.7. The highest BCUT2D eigenvalue weighted by atomic mass is 32.1. The third kappa shape index (κ3) is 5.96. The molecule has 6 rings (SSSR count). The molecule has 1 aromatic carbocycles. The molecule has 0 N–H and O–H groups in total. The van der Waals surface area contributed by atoms with Gasteiger partial charge in [0, 0.05) is 47.9 Å². The SMILES string of the molecule is CCCCCCc1cc(C)sc1-c1ccc(-c2sc(-c3sc(C)c4nccnc34)cc2CCCCCC)c2nsnc12. The van der Waals surface area contributed by atoms with E-state index in [1.807, 2.05) is 40.2 Å². The van der Waals surface area contributed by atoms with Gasteiger partial charge in [0.05, 0.1) is 16.6 Å². The fourth-order valence-electron chi connectivity index (χ4n) is 5.83. The van der Waals surface area contributed by atoms with Gasteiger partial charge in [-0.25, -0.2) is 0 Å². The van der Waals surface area contributed by atoms with Gasteiger partial charge >= 0.3 is 0 Å². The quantitative estimate of drug-likeness (QED) is 0.119. The van der Waals surface area contributed by atoms with Crippen LogP contribution in [-0.2, 0) is 12.8 Å². The predicted molar refractivity (Wildman–Crippen MR) is 186 cm³/mol. The van der Waals surface area contributed by atoms with Gasteiger partial charge in [0.15, 0.2) is 0 Å². The van der Waals surface area contributed by atoms with Crippen LogP contribution in [0, 0.1) is 13.8 Å². The van der Waals surface area contributed by atoms with Gasteiger partial charge < -0.3 is 0 Å². The lowest BCUT2D eigenvalue weighted by Gasteiger charge is -2.09. The van der Waals surface area contributed by atoms with Crippen LogP contribution in [0.4, 0.5) is 0 Å². The molecule has 42 heavy (non-hydrogen) atoms. The average Bonchev–Trinajstić information content (AvgIpc) is 3.79. The molecule has 0 saturated carbocycles. The summed E-state index contributed by atoms with van der Waals surface area (Å²) in [6.45, 7) is 8.93. The van der Waals surface area contributed by atoms with Crippen LogP contribution in [0.3, 0.4) is 0 Å². The van der Waals surface area contributed by atoms with Crippen molar-refractivity contribution in [1.82, 2.24) is 18.7 Å². The standard InChI is InChI=1S/C34H38N4S4/c1-5-7-9-11-13-23-19-21(3)39-32(23)25-15-16-26(30-29(25)37-42-38-30)33-24(14-12-10-8-6-2)20-27(41-33)34-31-28(22(4)40-34)35-17-18-36-31/h15-20H,5-14H2,1-4H3. The Morgan fingerprint density at radius 1 is 0.595 bits per heavy atom. The molecule has 5 heterocycles. The molecular formula is C34H38N4S4. The number of rotatable bonds is 13. The van der Waals surface area contributed by atoms with Crippen molar-refractivity contribution in [3.63, 3.8) is 0 Å². The van der Waals surface area contributed by atoms with E-state index in [2.05, 4.69) is 56.9 Å². The van der Waals surface area contributed by atoms with Gasteiger partial charge in [-0.3, -0.25) is 9.97 Å². The Morgan fingerprint density at radius 3 is 1.83 bits per heavy atom. The third-order valence-corrected chi connectivity index (χ3v) is 12.1. The van der Waals surface area contributed by atoms with Gasteiger partial charge in [0.2, 0.25) is 0 Å². The summed E-state index contributed by atoms with van der Waals surface area (Å²) >= 11 is 6.93. The fourth-order valence-corrected chi connectivity index (χ4v) is 9.88. The van der Waals surface area contributed by atoms with Crippen LogP contribution in [0.1, 0.15) is 86.1 Å². The Labute approximate surface area is 265 Å². The lowest BCUT2D eigenvalue weighted by Crippen LogP contribution is -1.90. The van der Waals surface area contributed by atoms with Gasteiger partial charge in [-0.1, -0.05) is 64.5 Å². The molecule has 0 spiro atoms. The topological polar surface area (TPSA) is 51.6 Å². The first-order chi connectivity index (χ1) is 20.6. The van der Waals surface area contributed by atoms with Crippen LogP contribution < -0.4 is 0 Å². The lowest BCUT2D eigenvalue weighted by atomic mass is 9.98. The second-order valence-electron chi connectivity index (χ2n) is 11.2. The second-order valence-corrected chi connectivity index (χ2v) is 15.2. The summed E-state index contributed by atoms with van der Waals surface area (Å²) in [4.78, 5) is 17.2. The molecule has 8 heteroatoms. The van der Waals surface area contributed by atoms with Crippen molar-refractivity contribution in [1.29, 1.82) is 0 Å². The number of thiophene rings is 3. The van der Waals surface area contributed by atoms with E-state index in [0.29, 0.717) is 0 Å². The second kappa shape index (κ2) is 13.4. The van der Waals surface area contributed by atoms with Gasteiger partial charge in [-0.2, -0.15) is 8.75 Å². The number of hydrogen-bond donors (Lipinski definition) is 0. The average molecular weight is 631 g/mol. The highest BCUT2D eigenvalue weighted by Crippen LogP contribution is 2.47. The van der Waals surface area contributed by atoms with Crippen molar-refractivity contribution in [2.45, 2.75) is 91.9 Å². The molecule has 0 radical (unpaired) electrons. The minimum Gasteiger partial charge on any atom is -0.252 e. The Balaban J connectivity index is 1.42. The van der Waals surface area contributed by atoms with E-state index in [-0.39, 0.29) is 0 Å². The molecule has 0 aliphatic carbocycles. The number of unbranched alkanes of at least 4 members (excludes halogenated alkanes) is 6. The Morgan fingerprint density at radius 2 is 1.19 bits per heavy atom. The van der Waals surface area contributed by atoms with Crippen LogP contribution >= 0.6 is 45.7 Å². The van der Waals surface area contributed by atoms with Crippen molar-refractivity contribution in [2.75, 3.05) is 0 Å². The van der Waals surface area contributed by atoms with E-state index in [0.717, 1.165) is 34.9 Å². The van der Waals surface area contributed by atoms with Crippen LogP contribution in [0.5, 0.6) is 0 Å². The zero-order chi connectivity index (χ0) is 29.1. The summed E-state index contributed by atoms with van der Waals surface area (Å²) < 4.78 is 9.81. The summed E-state index contributed by atoms with van der Waals surface area (Å²) in [6.07, 6.45) is 15.9. The molecular weight excluding hydrogens is 593 g/mol.